The van der Waals surface area contributed by atoms with Gasteiger partial charge >= 0.3 is 0 Å². The fraction of sp³-hybridized carbons (Fsp3) is 0.500. The molecule has 18 heavy (non-hydrogen) atoms. The van der Waals surface area contributed by atoms with E-state index in [4.69, 9.17) is 27.9 Å². The number of amides is 1. The molecular formula is C12H14Cl2N2O2. The van der Waals surface area contributed by atoms with Crippen LogP contribution < -0.4 is 0 Å². The quantitative estimate of drug-likeness (QED) is 0.746. The summed E-state index contributed by atoms with van der Waals surface area (Å²) in [6.45, 7) is 4.94. The van der Waals surface area contributed by atoms with Crippen molar-refractivity contribution in [3.63, 3.8) is 0 Å². The number of carbonyl (C=O) groups excluding carboxylic acids is 1. The third kappa shape index (κ3) is 2.94. The van der Waals surface area contributed by atoms with E-state index in [1.807, 2.05) is 13.8 Å². The minimum absolute atomic E-state index is 0.00987. The fourth-order valence-corrected chi connectivity index (χ4v) is 2.40. The SMILES string of the molecule is C[C@H]1CN(C(=O)c2nc(Cl)ccc2Cl)C[C@H](C)O1. The molecule has 1 fully saturated rings. The zero-order valence-electron chi connectivity index (χ0n) is 10.2. The number of halogens is 2. The molecule has 0 aliphatic carbocycles. The molecule has 0 spiro atoms. The molecule has 0 saturated carbocycles. The lowest BCUT2D eigenvalue weighted by Gasteiger charge is -2.35. The van der Waals surface area contributed by atoms with Crippen molar-refractivity contribution < 1.29 is 9.53 Å². The summed E-state index contributed by atoms with van der Waals surface area (Å²) in [6, 6.07) is 3.14. The lowest BCUT2D eigenvalue weighted by Crippen LogP contribution is -2.48. The van der Waals surface area contributed by atoms with Gasteiger partial charge in [-0.3, -0.25) is 4.79 Å². The minimum atomic E-state index is -0.204. The van der Waals surface area contributed by atoms with Gasteiger partial charge in [-0.15, -0.1) is 0 Å². The van der Waals surface area contributed by atoms with Gasteiger partial charge in [0.2, 0.25) is 0 Å². The minimum Gasteiger partial charge on any atom is -0.372 e. The maximum atomic E-state index is 12.3. The topological polar surface area (TPSA) is 42.4 Å². The number of hydrogen-bond donors (Lipinski definition) is 0. The summed E-state index contributed by atoms with van der Waals surface area (Å²) < 4.78 is 5.58. The van der Waals surface area contributed by atoms with Gasteiger partial charge in [0.25, 0.3) is 5.91 Å². The van der Waals surface area contributed by atoms with Gasteiger partial charge in [-0.25, -0.2) is 4.98 Å². The Morgan fingerprint density at radius 3 is 2.56 bits per heavy atom. The predicted molar refractivity (Wildman–Crippen MR) is 70.2 cm³/mol. The maximum absolute atomic E-state index is 12.3. The van der Waals surface area contributed by atoms with Gasteiger partial charge < -0.3 is 9.64 Å². The van der Waals surface area contributed by atoms with Crippen molar-refractivity contribution in [3.8, 4) is 0 Å². The molecule has 6 heteroatoms. The summed E-state index contributed by atoms with van der Waals surface area (Å²) in [7, 11) is 0. The number of ether oxygens (including phenoxy) is 1. The molecule has 0 radical (unpaired) electrons. The van der Waals surface area contributed by atoms with Crippen LogP contribution in [0.5, 0.6) is 0 Å². The van der Waals surface area contributed by atoms with Crippen molar-refractivity contribution >= 4 is 29.1 Å². The van der Waals surface area contributed by atoms with Crippen LogP contribution in [0, 0.1) is 0 Å². The van der Waals surface area contributed by atoms with E-state index in [-0.39, 0.29) is 29.0 Å². The van der Waals surface area contributed by atoms with Crippen LogP contribution in [0.3, 0.4) is 0 Å². The number of morpholine rings is 1. The average Bonchev–Trinajstić information content (AvgIpc) is 2.30. The first-order valence-corrected chi connectivity index (χ1v) is 6.49. The summed E-state index contributed by atoms with van der Waals surface area (Å²) in [5, 5.41) is 0.577. The Morgan fingerprint density at radius 2 is 1.94 bits per heavy atom. The Bertz CT molecular complexity index is 457. The monoisotopic (exact) mass is 288 g/mol. The molecule has 1 aliphatic rings. The van der Waals surface area contributed by atoms with Crippen molar-refractivity contribution in [2.75, 3.05) is 13.1 Å². The van der Waals surface area contributed by atoms with Crippen LogP contribution in [-0.4, -0.2) is 41.1 Å². The Kier molecular flexibility index (Phi) is 4.10. The molecule has 1 aliphatic heterocycles. The number of nitrogens with zero attached hydrogens (tertiary/aromatic N) is 2. The molecule has 0 bridgehead atoms. The average molecular weight is 289 g/mol. The van der Waals surface area contributed by atoms with Crippen LogP contribution in [0.15, 0.2) is 12.1 Å². The van der Waals surface area contributed by atoms with Gasteiger partial charge in [-0.1, -0.05) is 23.2 Å². The molecule has 1 amide bonds. The number of aromatic nitrogens is 1. The molecule has 2 atom stereocenters. The number of rotatable bonds is 1. The lowest BCUT2D eigenvalue weighted by atomic mass is 10.2. The summed E-state index contributed by atoms with van der Waals surface area (Å²) in [5.74, 6) is -0.204. The number of carbonyl (C=O) groups is 1. The Balaban J connectivity index is 2.22. The van der Waals surface area contributed by atoms with E-state index < -0.39 is 0 Å². The number of hydrogen-bond acceptors (Lipinski definition) is 3. The van der Waals surface area contributed by atoms with Crippen molar-refractivity contribution in [3.05, 3.63) is 28.0 Å². The second-order valence-electron chi connectivity index (χ2n) is 4.43. The first-order valence-electron chi connectivity index (χ1n) is 5.74. The zero-order valence-corrected chi connectivity index (χ0v) is 11.7. The van der Waals surface area contributed by atoms with Crippen LogP contribution >= 0.6 is 23.2 Å². The van der Waals surface area contributed by atoms with E-state index in [1.54, 1.807) is 17.0 Å². The predicted octanol–water partition coefficient (Wildman–Crippen LogP) is 2.64. The highest BCUT2D eigenvalue weighted by Crippen LogP contribution is 2.20. The second kappa shape index (κ2) is 5.43. The van der Waals surface area contributed by atoms with E-state index in [9.17, 15) is 4.79 Å². The normalized spacial score (nSPS) is 24.1. The van der Waals surface area contributed by atoms with Crippen molar-refractivity contribution in [1.29, 1.82) is 0 Å². The lowest BCUT2D eigenvalue weighted by molar-refractivity contribution is -0.0587. The molecule has 98 valence electrons. The third-order valence-electron chi connectivity index (χ3n) is 2.72. The van der Waals surface area contributed by atoms with Gasteiger partial charge in [-0.2, -0.15) is 0 Å². The van der Waals surface area contributed by atoms with Gasteiger partial charge in [0, 0.05) is 13.1 Å². The standard InChI is InChI=1S/C12H14Cl2N2O2/c1-7-5-16(6-8(2)18-7)12(17)11-9(13)3-4-10(14)15-11/h3-4,7-8H,5-6H2,1-2H3/t7-,8-/m0/s1. The van der Waals surface area contributed by atoms with Crippen LogP contribution in [0.4, 0.5) is 0 Å². The van der Waals surface area contributed by atoms with Crippen LogP contribution in [0.2, 0.25) is 10.2 Å². The van der Waals surface area contributed by atoms with Crippen molar-refractivity contribution in [1.82, 2.24) is 9.88 Å². The van der Waals surface area contributed by atoms with Crippen molar-refractivity contribution in [2.24, 2.45) is 0 Å². The van der Waals surface area contributed by atoms with Gasteiger partial charge in [0.15, 0.2) is 0 Å². The van der Waals surface area contributed by atoms with E-state index in [0.717, 1.165) is 0 Å². The fourth-order valence-electron chi connectivity index (χ4n) is 2.06. The van der Waals surface area contributed by atoms with Gasteiger partial charge in [0.05, 0.1) is 17.2 Å². The van der Waals surface area contributed by atoms with Crippen molar-refractivity contribution in [2.45, 2.75) is 26.1 Å². The van der Waals surface area contributed by atoms with Gasteiger partial charge in [0.1, 0.15) is 10.8 Å². The first kappa shape index (κ1) is 13.6. The van der Waals surface area contributed by atoms with Crippen LogP contribution in [0.1, 0.15) is 24.3 Å². The van der Waals surface area contributed by atoms with Crippen LogP contribution in [-0.2, 0) is 4.74 Å². The number of pyridine rings is 1. The zero-order chi connectivity index (χ0) is 13.3. The Morgan fingerprint density at radius 1 is 1.33 bits per heavy atom. The summed E-state index contributed by atoms with van der Waals surface area (Å²) >= 11 is 11.8. The molecule has 0 N–H and O–H groups in total. The molecule has 1 aromatic heterocycles. The Labute approximate surface area is 116 Å². The molecule has 2 heterocycles. The highest BCUT2D eigenvalue weighted by molar-refractivity contribution is 6.34. The summed E-state index contributed by atoms with van der Waals surface area (Å²) in [6.07, 6.45) is 0.0197. The molecule has 1 saturated heterocycles. The Hall–Kier alpha value is -0.840. The van der Waals surface area contributed by atoms with Gasteiger partial charge in [-0.05, 0) is 26.0 Å². The first-order chi connectivity index (χ1) is 8.47. The molecule has 1 aromatic rings. The molecule has 0 unspecified atom stereocenters. The maximum Gasteiger partial charge on any atom is 0.274 e. The summed E-state index contributed by atoms with van der Waals surface area (Å²) in [4.78, 5) is 18.0. The summed E-state index contributed by atoms with van der Waals surface area (Å²) in [5.41, 5.74) is 0.200. The second-order valence-corrected chi connectivity index (χ2v) is 5.23. The highest BCUT2D eigenvalue weighted by Gasteiger charge is 2.28. The molecular weight excluding hydrogens is 275 g/mol. The third-order valence-corrected chi connectivity index (χ3v) is 3.24. The van der Waals surface area contributed by atoms with E-state index in [0.29, 0.717) is 18.1 Å². The smallest absolute Gasteiger partial charge is 0.274 e. The van der Waals surface area contributed by atoms with Crippen LogP contribution in [0.25, 0.3) is 0 Å². The van der Waals surface area contributed by atoms with E-state index in [1.165, 1.54) is 0 Å². The molecule has 2 rings (SSSR count). The molecule has 4 nitrogen and oxygen atoms in total. The molecule has 0 aromatic carbocycles. The highest BCUT2D eigenvalue weighted by atomic mass is 35.5. The largest absolute Gasteiger partial charge is 0.372 e. The van der Waals surface area contributed by atoms with E-state index >= 15 is 0 Å². The van der Waals surface area contributed by atoms with E-state index in [2.05, 4.69) is 4.98 Å².